The molecule has 0 aliphatic heterocycles. The number of diazo groups is 1. The molecule has 8 nitrogen and oxygen atoms in total. The SMILES string of the molecule is Cc1cc(Br)c(S(=O)(=O)O)c(S(=O)(=O)O)c1[N+]#N.[Cl-]. The van der Waals surface area contributed by atoms with Crippen LogP contribution in [-0.4, -0.2) is 25.9 Å². The van der Waals surface area contributed by atoms with E-state index in [1.54, 1.807) is 0 Å². The van der Waals surface area contributed by atoms with Gasteiger partial charge in [-0.05, 0) is 28.9 Å². The lowest BCUT2D eigenvalue weighted by Crippen LogP contribution is -3.00. The number of hydrogen-bond acceptors (Lipinski definition) is 5. The van der Waals surface area contributed by atoms with Gasteiger partial charge in [0.25, 0.3) is 10.1 Å². The van der Waals surface area contributed by atoms with E-state index in [0.717, 1.165) is 6.07 Å². The summed E-state index contributed by atoms with van der Waals surface area (Å²) >= 11 is 2.75. The molecule has 1 rings (SSSR count). The summed E-state index contributed by atoms with van der Waals surface area (Å²) in [5.74, 6) is 0. The molecule has 2 N–H and O–H groups in total. The summed E-state index contributed by atoms with van der Waals surface area (Å²) in [6, 6.07) is 1.12. The van der Waals surface area contributed by atoms with E-state index < -0.39 is 35.7 Å². The van der Waals surface area contributed by atoms with Gasteiger partial charge in [-0.15, -0.1) is 0 Å². The maximum atomic E-state index is 11.2. The first-order valence-corrected chi connectivity index (χ1v) is 7.80. The smallest absolute Gasteiger partial charge is 0.410 e. The maximum absolute atomic E-state index is 11.2. The van der Waals surface area contributed by atoms with Crippen molar-refractivity contribution in [2.45, 2.75) is 16.7 Å². The molecule has 19 heavy (non-hydrogen) atoms. The molecule has 0 heterocycles. The molecule has 0 saturated carbocycles. The van der Waals surface area contributed by atoms with Crippen LogP contribution in [0.1, 0.15) is 5.56 Å². The van der Waals surface area contributed by atoms with Crippen LogP contribution in [0.4, 0.5) is 5.69 Å². The molecule has 1 aromatic rings. The van der Waals surface area contributed by atoms with Gasteiger partial charge in [-0.3, -0.25) is 9.11 Å². The first kappa shape index (κ1) is 18.2. The average Bonchev–Trinajstić information content (AvgIpc) is 2.12. The van der Waals surface area contributed by atoms with Crippen molar-refractivity contribution < 1.29 is 38.3 Å². The number of aryl methyl sites for hydroxylation is 1. The Bertz CT molecular complexity index is 768. The van der Waals surface area contributed by atoms with Gasteiger partial charge in [-0.25, -0.2) is 0 Å². The zero-order chi connectivity index (χ0) is 14.3. The summed E-state index contributed by atoms with van der Waals surface area (Å²) in [6.45, 7) is 1.32. The first-order chi connectivity index (χ1) is 8.00. The predicted molar refractivity (Wildman–Crippen MR) is 63.3 cm³/mol. The summed E-state index contributed by atoms with van der Waals surface area (Å²) in [4.78, 5) is 0.327. The second kappa shape index (κ2) is 5.70. The fraction of sp³-hybridized carbons (Fsp3) is 0.143. The average molecular weight is 394 g/mol. The molecule has 12 heteroatoms. The number of rotatable bonds is 2. The fourth-order valence-electron chi connectivity index (χ4n) is 1.32. The molecule has 0 saturated heterocycles. The first-order valence-electron chi connectivity index (χ1n) is 4.13. The van der Waals surface area contributed by atoms with Gasteiger partial charge in [0.1, 0.15) is 4.90 Å². The second-order valence-corrected chi connectivity index (χ2v) is 6.80. The Hall–Kier alpha value is -0.770. The van der Waals surface area contributed by atoms with Crippen molar-refractivity contribution in [1.29, 1.82) is 5.39 Å². The van der Waals surface area contributed by atoms with Crippen molar-refractivity contribution in [2.24, 2.45) is 0 Å². The molecule has 0 radical (unpaired) electrons. The Morgan fingerprint density at radius 2 is 1.58 bits per heavy atom. The Kier molecular flexibility index (Phi) is 5.46. The topological polar surface area (TPSA) is 137 Å². The van der Waals surface area contributed by atoms with Gasteiger partial charge in [0.15, 0.2) is 4.98 Å². The third kappa shape index (κ3) is 3.62. The van der Waals surface area contributed by atoms with Gasteiger partial charge >= 0.3 is 15.8 Å². The summed E-state index contributed by atoms with van der Waals surface area (Å²) in [6.07, 6.45) is 0. The predicted octanol–water partition coefficient (Wildman–Crippen LogP) is -1.26. The van der Waals surface area contributed by atoms with Crippen molar-refractivity contribution in [1.82, 2.24) is 0 Å². The lowest BCUT2D eigenvalue weighted by molar-refractivity contribution is -0.0000120. The number of hydrogen-bond donors (Lipinski definition) is 2. The minimum absolute atomic E-state index is 0. The Morgan fingerprint density at radius 1 is 1.16 bits per heavy atom. The molecule has 0 atom stereocenters. The van der Waals surface area contributed by atoms with Gasteiger partial charge in [-0.2, -0.15) is 16.8 Å². The molecule has 0 unspecified atom stereocenters. The molecule has 0 amide bonds. The highest BCUT2D eigenvalue weighted by Gasteiger charge is 2.37. The molecule has 0 aliphatic rings. The van der Waals surface area contributed by atoms with E-state index in [0.29, 0.717) is 0 Å². The maximum Gasteiger partial charge on any atom is 0.410 e. The highest BCUT2D eigenvalue weighted by atomic mass is 79.9. The second-order valence-electron chi connectivity index (χ2n) is 3.23. The van der Waals surface area contributed by atoms with Gasteiger partial charge < -0.3 is 12.4 Å². The van der Waals surface area contributed by atoms with E-state index in [1.165, 1.54) is 6.92 Å². The van der Waals surface area contributed by atoms with Gasteiger partial charge in [-0.1, -0.05) is 0 Å². The zero-order valence-corrected chi connectivity index (χ0v) is 13.0. The summed E-state index contributed by atoms with van der Waals surface area (Å²) in [5, 5.41) is 8.70. The van der Waals surface area contributed by atoms with Crippen LogP contribution >= 0.6 is 15.9 Å². The van der Waals surface area contributed by atoms with Crippen LogP contribution in [-0.2, 0) is 20.2 Å². The highest BCUT2D eigenvalue weighted by molar-refractivity contribution is 9.10. The molecule has 106 valence electrons. The number of benzene rings is 1. The Balaban J connectivity index is 0.00000324. The van der Waals surface area contributed by atoms with Crippen molar-refractivity contribution in [3.05, 3.63) is 21.1 Å². The standard InChI is InChI=1S/C7H5BrN2O6S2.ClH/c1-3-2-4(8)6(17(11,12)13)7(5(3)10-9)18(14,15)16;/h2H,1H3,(H-,11,12,13,14,15,16);1H. The van der Waals surface area contributed by atoms with Crippen LogP contribution in [0.25, 0.3) is 4.98 Å². The fourth-order valence-corrected chi connectivity index (χ4v) is 4.67. The normalized spacial score (nSPS) is 11.5. The van der Waals surface area contributed by atoms with Crippen molar-refractivity contribution >= 4 is 41.9 Å². The largest absolute Gasteiger partial charge is 1.00 e. The van der Waals surface area contributed by atoms with Gasteiger partial charge in [0.2, 0.25) is 10.3 Å². The summed E-state index contributed by atoms with van der Waals surface area (Å²) in [5.41, 5.74) is -0.599. The Morgan fingerprint density at radius 3 is 1.89 bits per heavy atom. The van der Waals surface area contributed by atoms with Crippen molar-refractivity contribution in [3.8, 4) is 0 Å². The summed E-state index contributed by atoms with van der Waals surface area (Å²) in [7, 11) is -9.98. The lowest BCUT2D eigenvalue weighted by atomic mass is 10.2. The molecule has 1 aromatic carbocycles. The van der Waals surface area contributed by atoms with Crippen LogP contribution in [0.15, 0.2) is 20.3 Å². The third-order valence-corrected chi connectivity index (χ3v) is 4.84. The van der Waals surface area contributed by atoms with E-state index in [2.05, 4.69) is 20.9 Å². The molecule has 0 spiro atoms. The van der Waals surface area contributed by atoms with Crippen LogP contribution < -0.4 is 12.4 Å². The van der Waals surface area contributed by atoms with Gasteiger partial charge in [0.05, 0.1) is 0 Å². The molecule has 0 fully saturated rings. The van der Waals surface area contributed by atoms with E-state index in [-0.39, 0.29) is 22.4 Å². The van der Waals surface area contributed by atoms with E-state index in [1.807, 2.05) is 0 Å². The molecular formula is C7H6BrClN2O6S2. The quantitative estimate of drug-likeness (QED) is 0.472. The van der Waals surface area contributed by atoms with Crippen LogP contribution in [0.5, 0.6) is 0 Å². The Labute approximate surface area is 123 Å². The number of nitrogens with zero attached hydrogens (tertiary/aromatic N) is 2. The molecule has 0 aromatic heterocycles. The lowest BCUT2D eigenvalue weighted by Gasteiger charge is -2.05. The minimum Gasteiger partial charge on any atom is -1.00 e. The van der Waals surface area contributed by atoms with Crippen molar-refractivity contribution in [2.75, 3.05) is 0 Å². The highest BCUT2D eigenvalue weighted by Crippen LogP contribution is 2.38. The number of halogens is 2. The molecular weight excluding hydrogens is 388 g/mol. The van der Waals surface area contributed by atoms with E-state index >= 15 is 0 Å². The van der Waals surface area contributed by atoms with Crippen LogP contribution in [0.2, 0.25) is 0 Å². The summed E-state index contributed by atoms with van der Waals surface area (Å²) < 4.78 is 62.3. The zero-order valence-electron chi connectivity index (χ0n) is 9.07. The molecule has 0 aliphatic carbocycles. The van der Waals surface area contributed by atoms with Gasteiger partial charge in [0, 0.05) is 10.0 Å². The molecule has 0 bridgehead atoms. The van der Waals surface area contributed by atoms with E-state index in [9.17, 15) is 16.8 Å². The monoisotopic (exact) mass is 392 g/mol. The minimum atomic E-state index is -5.03. The van der Waals surface area contributed by atoms with Crippen LogP contribution in [0, 0.1) is 12.3 Å². The third-order valence-electron chi connectivity index (χ3n) is 1.97. The van der Waals surface area contributed by atoms with Crippen molar-refractivity contribution in [3.63, 3.8) is 0 Å². The van der Waals surface area contributed by atoms with E-state index in [4.69, 9.17) is 14.5 Å². The van der Waals surface area contributed by atoms with Crippen LogP contribution in [0.3, 0.4) is 0 Å².